The predicted molar refractivity (Wildman–Crippen MR) is 187 cm³/mol. The lowest BCUT2D eigenvalue weighted by Crippen LogP contribution is -2.38. The summed E-state index contributed by atoms with van der Waals surface area (Å²) in [7, 11) is 0. The highest BCUT2D eigenvalue weighted by Crippen LogP contribution is 2.35. The molecular weight excluding hydrogens is 596 g/mol. The van der Waals surface area contributed by atoms with Gasteiger partial charge in [0.2, 0.25) is 5.91 Å². The zero-order valence-electron chi connectivity index (χ0n) is 27.4. The lowest BCUT2D eigenvalue weighted by Gasteiger charge is -2.32. The molecule has 244 valence electrons. The summed E-state index contributed by atoms with van der Waals surface area (Å²) >= 11 is 5.93. The summed E-state index contributed by atoms with van der Waals surface area (Å²) in [5, 5.41) is 23.7. The third kappa shape index (κ3) is 10.3. The van der Waals surface area contributed by atoms with Gasteiger partial charge in [0.15, 0.2) is 0 Å². The van der Waals surface area contributed by atoms with E-state index in [4.69, 9.17) is 16.3 Å². The smallest absolute Gasteiger partial charge is 0.224 e. The van der Waals surface area contributed by atoms with Crippen LogP contribution in [-0.4, -0.2) is 52.8 Å². The number of benzene rings is 4. The van der Waals surface area contributed by atoms with Gasteiger partial charge in [0.05, 0.1) is 18.1 Å². The number of phenols is 2. The highest BCUT2D eigenvalue weighted by atomic mass is 35.5. The van der Waals surface area contributed by atoms with Gasteiger partial charge in [-0.1, -0.05) is 72.3 Å². The topological polar surface area (TPSA) is 82.0 Å². The van der Waals surface area contributed by atoms with E-state index in [-0.39, 0.29) is 29.0 Å². The number of carbonyl (C=O) groups is 1. The highest BCUT2D eigenvalue weighted by molar-refractivity contribution is 6.32. The Bertz CT molecular complexity index is 1530. The van der Waals surface area contributed by atoms with Crippen molar-refractivity contribution in [3.8, 4) is 17.2 Å². The Hall–Kier alpha value is -4.00. The maximum atomic E-state index is 12.3. The first-order valence-electron chi connectivity index (χ1n) is 16.2. The monoisotopic (exact) mass is 642 g/mol. The zero-order chi connectivity index (χ0) is 33.1. The molecule has 0 saturated carbocycles. The molecular formula is C39H47ClN2O4. The lowest BCUT2D eigenvalue weighted by molar-refractivity contribution is -0.120. The molecule has 0 aromatic heterocycles. The third-order valence-corrected chi connectivity index (χ3v) is 8.67. The molecule has 46 heavy (non-hydrogen) atoms. The van der Waals surface area contributed by atoms with Crippen molar-refractivity contribution in [1.29, 1.82) is 0 Å². The molecule has 4 rings (SSSR count). The summed E-state index contributed by atoms with van der Waals surface area (Å²) < 4.78 is 6.07. The summed E-state index contributed by atoms with van der Waals surface area (Å²) in [5.41, 5.74) is 5.14. The summed E-state index contributed by atoms with van der Waals surface area (Å²) in [6.45, 7) is 10.9. The van der Waals surface area contributed by atoms with Crippen LogP contribution in [-0.2, 0) is 24.1 Å². The number of amides is 1. The Morgan fingerprint density at radius 1 is 0.804 bits per heavy atom. The second-order valence-corrected chi connectivity index (χ2v) is 12.8. The molecule has 0 spiro atoms. The molecule has 0 saturated heterocycles. The maximum Gasteiger partial charge on any atom is 0.224 e. The van der Waals surface area contributed by atoms with Crippen LogP contribution in [0.3, 0.4) is 0 Å². The summed E-state index contributed by atoms with van der Waals surface area (Å²) in [6, 6.07) is 30.0. The van der Waals surface area contributed by atoms with Crippen molar-refractivity contribution in [2.45, 2.75) is 71.4 Å². The van der Waals surface area contributed by atoms with Crippen LogP contribution in [0.25, 0.3) is 0 Å². The van der Waals surface area contributed by atoms with E-state index in [9.17, 15) is 15.0 Å². The molecule has 4 aromatic carbocycles. The zero-order valence-corrected chi connectivity index (χ0v) is 28.1. The number of aromatic hydroxyl groups is 2. The molecule has 0 unspecified atom stereocenters. The van der Waals surface area contributed by atoms with Crippen LogP contribution in [0.1, 0.15) is 67.9 Å². The fourth-order valence-electron chi connectivity index (χ4n) is 5.91. The van der Waals surface area contributed by atoms with Gasteiger partial charge in [-0.25, -0.2) is 0 Å². The molecule has 6 nitrogen and oxygen atoms in total. The van der Waals surface area contributed by atoms with Crippen LogP contribution in [0.15, 0.2) is 91.0 Å². The minimum absolute atomic E-state index is 0.00562. The van der Waals surface area contributed by atoms with Gasteiger partial charge in [0.1, 0.15) is 17.2 Å². The Morgan fingerprint density at radius 3 is 2.13 bits per heavy atom. The van der Waals surface area contributed by atoms with Gasteiger partial charge in [-0.05, 0) is 99.7 Å². The number of ether oxygens (including phenoxy) is 1. The second kappa shape index (κ2) is 17.1. The van der Waals surface area contributed by atoms with Gasteiger partial charge < -0.3 is 20.3 Å². The van der Waals surface area contributed by atoms with Gasteiger partial charge in [-0.2, -0.15) is 0 Å². The molecule has 0 fully saturated rings. The minimum Gasteiger partial charge on any atom is -0.508 e. The molecule has 1 amide bonds. The first kappa shape index (κ1) is 34.9. The van der Waals surface area contributed by atoms with E-state index in [0.29, 0.717) is 37.4 Å². The molecule has 0 radical (unpaired) electrons. The number of nitrogens with one attached hydrogen (secondary N) is 1. The first-order valence-corrected chi connectivity index (χ1v) is 16.6. The van der Waals surface area contributed by atoms with Crippen LogP contribution in [0.5, 0.6) is 17.2 Å². The Balaban J connectivity index is 1.29. The molecule has 0 bridgehead atoms. The van der Waals surface area contributed by atoms with Gasteiger partial charge >= 0.3 is 0 Å². The molecule has 0 aliphatic heterocycles. The van der Waals surface area contributed by atoms with Crippen LogP contribution in [0.4, 0.5) is 0 Å². The van der Waals surface area contributed by atoms with Crippen LogP contribution in [0, 0.1) is 0 Å². The molecule has 4 aromatic rings. The van der Waals surface area contributed by atoms with Gasteiger partial charge in [0, 0.05) is 36.5 Å². The van der Waals surface area contributed by atoms with Crippen molar-refractivity contribution >= 4 is 17.5 Å². The number of carbonyl (C=O) groups excluding carboxylic acids is 1. The van der Waals surface area contributed by atoms with E-state index >= 15 is 0 Å². The van der Waals surface area contributed by atoms with Crippen molar-refractivity contribution in [2.24, 2.45) is 0 Å². The van der Waals surface area contributed by atoms with Crippen LogP contribution >= 0.6 is 11.6 Å². The van der Waals surface area contributed by atoms with Crippen molar-refractivity contribution in [3.63, 3.8) is 0 Å². The molecule has 0 heterocycles. The van der Waals surface area contributed by atoms with E-state index in [1.807, 2.05) is 42.5 Å². The number of nitrogens with zero attached hydrogens (tertiary/aromatic N) is 1. The highest BCUT2D eigenvalue weighted by Gasteiger charge is 2.22. The lowest BCUT2D eigenvalue weighted by atomic mass is 9.86. The summed E-state index contributed by atoms with van der Waals surface area (Å²) in [5.74, 6) is 1.12. The van der Waals surface area contributed by atoms with E-state index in [1.165, 1.54) is 11.6 Å². The van der Waals surface area contributed by atoms with Crippen molar-refractivity contribution in [2.75, 3.05) is 19.7 Å². The van der Waals surface area contributed by atoms with Crippen LogP contribution < -0.4 is 10.1 Å². The molecule has 1 atom stereocenters. The Kier molecular flexibility index (Phi) is 12.9. The van der Waals surface area contributed by atoms with Crippen molar-refractivity contribution < 1.29 is 19.7 Å². The van der Waals surface area contributed by atoms with E-state index < -0.39 is 0 Å². The Morgan fingerprint density at radius 2 is 1.46 bits per heavy atom. The second-order valence-electron chi connectivity index (χ2n) is 12.4. The third-order valence-electron chi connectivity index (χ3n) is 8.37. The van der Waals surface area contributed by atoms with E-state index in [1.54, 1.807) is 12.1 Å². The first-order chi connectivity index (χ1) is 22.1. The summed E-state index contributed by atoms with van der Waals surface area (Å²) in [6.07, 6.45) is 2.54. The average Bonchev–Trinajstić information content (AvgIpc) is 3.03. The quantitative estimate of drug-likeness (QED) is 0.116. The Labute approximate surface area is 279 Å². The normalized spacial score (nSPS) is 12.1. The number of hydrogen-bond acceptors (Lipinski definition) is 5. The van der Waals surface area contributed by atoms with Crippen molar-refractivity contribution in [1.82, 2.24) is 10.2 Å². The van der Waals surface area contributed by atoms with E-state index in [2.05, 4.69) is 68.2 Å². The average molecular weight is 643 g/mol. The standard InChI is InChI=1S/C39H47ClN2O4/c1-27(2)42(28(3)4)22-19-34(32-8-6-5-7-9-32)35-24-30(12-16-37(35)43)20-23-46-33-14-10-29(11-15-33)18-21-41-39(45)26-31-13-17-38(44)36(40)25-31/h5-17,24-25,27-28,34,43-44H,18-23,26H2,1-4H3,(H,41,45)/t34-/m1/s1. The van der Waals surface area contributed by atoms with Crippen LogP contribution in [0.2, 0.25) is 5.02 Å². The maximum absolute atomic E-state index is 12.3. The fourth-order valence-corrected chi connectivity index (χ4v) is 6.11. The predicted octanol–water partition coefficient (Wildman–Crippen LogP) is 7.91. The number of phenolic OH excluding ortho intramolecular Hbond substituents is 2. The molecule has 0 aliphatic rings. The largest absolute Gasteiger partial charge is 0.508 e. The van der Waals surface area contributed by atoms with Gasteiger partial charge in [0.25, 0.3) is 0 Å². The number of rotatable bonds is 16. The number of hydrogen-bond donors (Lipinski definition) is 3. The molecule has 0 aliphatic carbocycles. The van der Waals surface area contributed by atoms with Gasteiger partial charge in [-0.3, -0.25) is 9.69 Å². The molecule has 7 heteroatoms. The minimum atomic E-state index is -0.0951. The van der Waals surface area contributed by atoms with E-state index in [0.717, 1.165) is 47.4 Å². The number of halogens is 1. The van der Waals surface area contributed by atoms with Gasteiger partial charge in [-0.15, -0.1) is 0 Å². The SMILES string of the molecule is CC(C)N(CC[C@H](c1ccccc1)c1cc(CCOc2ccc(CCNC(=O)Cc3ccc(O)c(Cl)c3)cc2)ccc1O)C(C)C. The van der Waals surface area contributed by atoms with Crippen molar-refractivity contribution in [3.05, 3.63) is 124 Å². The fraction of sp³-hybridized carbons (Fsp3) is 0.359. The molecule has 3 N–H and O–H groups in total. The summed E-state index contributed by atoms with van der Waals surface area (Å²) in [4.78, 5) is 14.8.